The Hall–Kier alpha value is -1.000. The summed E-state index contributed by atoms with van der Waals surface area (Å²) in [7, 11) is 0. The zero-order valence-corrected chi connectivity index (χ0v) is 6.02. The van der Waals surface area contributed by atoms with Crippen LogP contribution in [0.2, 0.25) is 5.02 Å². The van der Waals surface area contributed by atoms with Crippen molar-refractivity contribution in [1.29, 1.82) is 5.26 Å². The normalized spacial score (nSPS) is 10.2. The number of benzene rings is 1. The van der Waals surface area contributed by atoms with Gasteiger partial charge in [-0.1, -0.05) is 23.7 Å². The largest absolute Gasteiger partial charge is 0.198 e. The van der Waals surface area contributed by atoms with E-state index in [1.807, 2.05) is 6.07 Å². The highest BCUT2D eigenvalue weighted by Gasteiger charge is 1.89. The van der Waals surface area contributed by atoms with Gasteiger partial charge < -0.3 is 0 Å². The van der Waals surface area contributed by atoms with Crippen LogP contribution in [0.3, 0.4) is 0 Å². The van der Waals surface area contributed by atoms with Crippen LogP contribution in [-0.4, -0.2) is 0 Å². The van der Waals surface area contributed by atoms with Crippen LogP contribution in [0.1, 0.15) is 6.93 Å². The van der Waals surface area contributed by atoms with E-state index in [1.54, 1.807) is 18.2 Å². The molecule has 0 spiro atoms. The van der Waals surface area contributed by atoms with Gasteiger partial charge in [-0.15, -0.1) is 0 Å². The second-order valence-corrected chi connectivity index (χ2v) is 2.29. The monoisotopic (exact) mass is 152 g/mol. The van der Waals surface area contributed by atoms with Crippen molar-refractivity contribution in [2.24, 2.45) is 0 Å². The first kappa shape index (κ1) is 5.76. The summed E-state index contributed by atoms with van der Waals surface area (Å²) in [6.07, 6.45) is 0.336. The van der Waals surface area contributed by atoms with Crippen LogP contribution in [0, 0.1) is 11.3 Å². The maximum absolute atomic E-state index is 8.34. The Balaban J connectivity index is 2.98. The van der Waals surface area contributed by atoms with Gasteiger partial charge in [0.1, 0.15) is 0 Å². The standard InChI is InChI=1S/C8H6ClN/c9-8-3-1-7(2-4-8)5-6-10/h1-4H,5H2/i3D. The molecule has 50 valence electrons. The van der Waals surface area contributed by atoms with E-state index < -0.39 is 0 Å². The minimum atomic E-state index is 0.277. The molecule has 1 aromatic carbocycles. The average molecular weight is 153 g/mol. The van der Waals surface area contributed by atoms with Gasteiger partial charge in [-0.25, -0.2) is 0 Å². The molecular formula is C8H6ClN. The molecule has 0 saturated heterocycles. The maximum Gasteiger partial charge on any atom is 0.0669 e. The van der Waals surface area contributed by atoms with E-state index in [4.69, 9.17) is 18.2 Å². The van der Waals surface area contributed by atoms with Crippen molar-refractivity contribution in [1.82, 2.24) is 0 Å². The van der Waals surface area contributed by atoms with Crippen LogP contribution in [0.4, 0.5) is 0 Å². The van der Waals surface area contributed by atoms with E-state index in [0.717, 1.165) is 5.56 Å². The van der Waals surface area contributed by atoms with Crippen molar-refractivity contribution in [2.45, 2.75) is 6.42 Å². The Morgan fingerprint density at radius 2 is 2.40 bits per heavy atom. The third kappa shape index (κ3) is 1.75. The Morgan fingerprint density at radius 1 is 1.60 bits per heavy atom. The molecule has 0 aromatic heterocycles. The molecule has 0 fully saturated rings. The molecule has 0 unspecified atom stereocenters. The molecule has 0 aliphatic carbocycles. The number of nitrogens with zero attached hydrogens (tertiary/aromatic N) is 1. The van der Waals surface area contributed by atoms with Crippen LogP contribution < -0.4 is 0 Å². The molecule has 2 heteroatoms. The highest BCUT2D eigenvalue weighted by atomic mass is 35.5. The molecule has 1 nitrogen and oxygen atoms in total. The summed E-state index contributed by atoms with van der Waals surface area (Å²) in [5.74, 6) is 0. The predicted molar refractivity (Wildman–Crippen MR) is 40.8 cm³/mol. The van der Waals surface area contributed by atoms with Crippen LogP contribution in [-0.2, 0) is 6.42 Å². The third-order valence-electron chi connectivity index (χ3n) is 1.12. The van der Waals surface area contributed by atoms with E-state index in [1.165, 1.54) is 0 Å². The lowest BCUT2D eigenvalue weighted by molar-refractivity contribution is 1.26. The van der Waals surface area contributed by atoms with Gasteiger partial charge in [0.2, 0.25) is 0 Å². The highest BCUT2D eigenvalue weighted by Crippen LogP contribution is 2.09. The smallest absolute Gasteiger partial charge is 0.0669 e. The predicted octanol–water partition coefficient (Wildman–Crippen LogP) is 2.41. The molecule has 10 heavy (non-hydrogen) atoms. The van der Waals surface area contributed by atoms with Gasteiger partial charge in [0.05, 0.1) is 13.9 Å². The summed E-state index contributed by atoms with van der Waals surface area (Å²) in [5, 5.41) is 8.76. The molecule has 0 bridgehead atoms. The summed E-state index contributed by atoms with van der Waals surface area (Å²) in [4.78, 5) is 0. The molecule has 1 rings (SSSR count). The summed E-state index contributed by atoms with van der Waals surface area (Å²) in [6.45, 7) is 0. The second kappa shape index (κ2) is 3.24. The summed E-state index contributed by atoms with van der Waals surface area (Å²) in [6, 6.07) is 7.27. The van der Waals surface area contributed by atoms with Crippen molar-refractivity contribution < 1.29 is 1.37 Å². The van der Waals surface area contributed by atoms with Gasteiger partial charge in [0, 0.05) is 5.02 Å². The zero-order valence-electron chi connectivity index (χ0n) is 6.26. The first-order chi connectivity index (χ1) is 5.24. The molecule has 1 aromatic rings. The molecule has 0 atom stereocenters. The summed E-state index contributed by atoms with van der Waals surface area (Å²) < 4.78 is 7.30. The molecule has 0 aliphatic rings. The highest BCUT2D eigenvalue weighted by molar-refractivity contribution is 6.30. The molecule has 0 radical (unpaired) electrons. The number of hydrogen-bond acceptors (Lipinski definition) is 1. The van der Waals surface area contributed by atoms with Crippen molar-refractivity contribution >= 4 is 11.6 Å². The first-order valence-corrected chi connectivity index (χ1v) is 3.24. The van der Waals surface area contributed by atoms with Crippen LogP contribution in [0.25, 0.3) is 0 Å². The fourth-order valence-electron chi connectivity index (χ4n) is 0.639. The maximum atomic E-state index is 8.34. The zero-order chi connectivity index (χ0) is 8.27. The van der Waals surface area contributed by atoms with E-state index in [2.05, 4.69) is 0 Å². The van der Waals surface area contributed by atoms with Crippen LogP contribution in [0.15, 0.2) is 24.2 Å². The molecule has 0 amide bonds. The second-order valence-electron chi connectivity index (χ2n) is 1.88. The summed E-state index contributed by atoms with van der Waals surface area (Å²) >= 11 is 5.61. The lowest BCUT2D eigenvalue weighted by Gasteiger charge is -1.91. The van der Waals surface area contributed by atoms with Crippen molar-refractivity contribution in [3.63, 3.8) is 0 Å². The topological polar surface area (TPSA) is 23.8 Å². The van der Waals surface area contributed by atoms with Crippen molar-refractivity contribution in [3.8, 4) is 6.07 Å². The lowest BCUT2D eigenvalue weighted by Crippen LogP contribution is -1.78. The average Bonchev–Trinajstić information content (AvgIpc) is 1.98. The fraction of sp³-hybridized carbons (Fsp3) is 0.125. The Kier molecular flexibility index (Phi) is 1.87. The van der Waals surface area contributed by atoms with Gasteiger partial charge in [-0.3, -0.25) is 0 Å². The fourth-order valence-corrected chi connectivity index (χ4v) is 0.757. The van der Waals surface area contributed by atoms with Crippen molar-refractivity contribution in [3.05, 3.63) is 34.8 Å². The quantitative estimate of drug-likeness (QED) is 0.606. The Morgan fingerprint density at radius 3 is 3.00 bits per heavy atom. The summed E-state index contributed by atoms with van der Waals surface area (Å²) in [5.41, 5.74) is 0.835. The number of rotatable bonds is 1. The first-order valence-electron chi connectivity index (χ1n) is 3.36. The molecule has 0 aliphatic heterocycles. The van der Waals surface area contributed by atoms with E-state index in [-0.39, 0.29) is 6.04 Å². The van der Waals surface area contributed by atoms with E-state index >= 15 is 0 Å². The van der Waals surface area contributed by atoms with Gasteiger partial charge in [0.25, 0.3) is 0 Å². The van der Waals surface area contributed by atoms with Crippen molar-refractivity contribution in [2.75, 3.05) is 0 Å². The lowest BCUT2D eigenvalue weighted by atomic mass is 10.2. The number of hydrogen-bond donors (Lipinski definition) is 0. The van der Waals surface area contributed by atoms with Gasteiger partial charge >= 0.3 is 0 Å². The minimum absolute atomic E-state index is 0.277. The molecule has 0 heterocycles. The van der Waals surface area contributed by atoms with E-state index in [9.17, 15) is 0 Å². The SMILES string of the molecule is [2H]c1cc(CC#N)ccc1Cl. The number of halogens is 1. The van der Waals surface area contributed by atoms with E-state index in [0.29, 0.717) is 11.4 Å². The van der Waals surface area contributed by atoms with Gasteiger partial charge in [0.15, 0.2) is 0 Å². The Bertz CT molecular complexity index is 303. The Labute approximate surface area is 66.3 Å². The molecular weight excluding hydrogens is 146 g/mol. The molecule has 0 N–H and O–H groups in total. The minimum Gasteiger partial charge on any atom is -0.198 e. The molecule has 0 saturated carbocycles. The van der Waals surface area contributed by atoms with Gasteiger partial charge in [-0.2, -0.15) is 5.26 Å². The van der Waals surface area contributed by atoms with Gasteiger partial charge in [-0.05, 0) is 17.7 Å². The third-order valence-corrected chi connectivity index (χ3v) is 1.36. The van der Waals surface area contributed by atoms with Crippen LogP contribution in [0.5, 0.6) is 0 Å². The number of nitriles is 1. The van der Waals surface area contributed by atoms with Crippen LogP contribution >= 0.6 is 11.6 Å².